The summed E-state index contributed by atoms with van der Waals surface area (Å²) in [6, 6.07) is 64.5. The molecule has 0 nitrogen and oxygen atoms in total. The molecule has 0 saturated carbocycles. The SMILES string of the molecule is CC1(C)c2ccccc2-c2cc3c(cc21)-c1ccc(-c2c4ccccc4c(-c4cc5cc6ccccc6cc5c5ccccc45)c4ccccc24)cc1C3(C)C. The predicted molar refractivity (Wildman–Crippen MR) is 240 cm³/mol. The van der Waals surface area contributed by atoms with E-state index in [-0.39, 0.29) is 10.8 Å². The Hall–Kier alpha value is -6.50. The van der Waals surface area contributed by atoms with E-state index in [1.165, 1.54) is 121 Å². The molecule has 0 bridgehead atoms. The molecule has 0 N–H and O–H groups in total. The third-order valence-electron chi connectivity index (χ3n) is 13.6. The highest BCUT2D eigenvalue weighted by atomic mass is 14.4. The minimum Gasteiger partial charge on any atom is -0.0619 e. The Morgan fingerprint density at radius 1 is 0.268 bits per heavy atom. The summed E-state index contributed by atoms with van der Waals surface area (Å²) in [5, 5.41) is 12.8. The molecule has 10 aromatic rings. The highest BCUT2D eigenvalue weighted by Gasteiger charge is 2.41. The van der Waals surface area contributed by atoms with Gasteiger partial charge in [-0.3, -0.25) is 0 Å². The molecule has 0 aliphatic heterocycles. The van der Waals surface area contributed by atoms with Gasteiger partial charge in [0.25, 0.3) is 0 Å². The summed E-state index contributed by atoms with van der Waals surface area (Å²) in [4.78, 5) is 0. The second-order valence-electron chi connectivity index (χ2n) is 17.2. The van der Waals surface area contributed by atoms with E-state index in [0.717, 1.165) is 0 Å². The zero-order valence-electron chi connectivity index (χ0n) is 32.2. The first-order valence-corrected chi connectivity index (χ1v) is 20.0. The maximum absolute atomic E-state index is 2.52. The van der Waals surface area contributed by atoms with Crippen LogP contribution in [0, 0.1) is 0 Å². The van der Waals surface area contributed by atoms with Crippen LogP contribution in [0.25, 0.3) is 98.4 Å². The van der Waals surface area contributed by atoms with Crippen LogP contribution in [-0.4, -0.2) is 0 Å². The smallest absolute Gasteiger partial charge is 0.0159 e. The van der Waals surface area contributed by atoms with Crippen molar-refractivity contribution in [3.05, 3.63) is 192 Å². The second kappa shape index (κ2) is 11.1. The molecule has 12 rings (SSSR count). The fourth-order valence-corrected chi connectivity index (χ4v) is 10.8. The maximum atomic E-state index is 2.52. The summed E-state index contributed by atoms with van der Waals surface area (Å²) in [5.41, 5.74) is 16.2. The second-order valence-corrected chi connectivity index (χ2v) is 17.2. The lowest BCUT2D eigenvalue weighted by Crippen LogP contribution is -2.17. The minimum atomic E-state index is -0.142. The summed E-state index contributed by atoms with van der Waals surface area (Å²) in [5.74, 6) is 0. The van der Waals surface area contributed by atoms with Crippen molar-refractivity contribution in [1.82, 2.24) is 0 Å². The molecule has 0 radical (unpaired) electrons. The number of benzene rings is 10. The van der Waals surface area contributed by atoms with Crippen molar-refractivity contribution in [1.29, 1.82) is 0 Å². The van der Waals surface area contributed by atoms with Crippen LogP contribution in [0.5, 0.6) is 0 Å². The van der Waals surface area contributed by atoms with E-state index >= 15 is 0 Å². The fourth-order valence-electron chi connectivity index (χ4n) is 10.8. The molecule has 0 amide bonds. The van der Waals surface area contributed by atoms with Crippen LogP contribution in [0.2, 0.25) is 0 Å². The summed E-state index contributed by atoms with van der Waals surface area (Å²) in [6.07, 6.45) is 0. The lowest BCUT2D eigenvalue weighted by molar-refractivity contribution is 0.652. The molecule has 0 atom stereocenters. The average Bonchev–Trinajstić information content (AvgIpc) is 3.59. The first kappa shape index (κ1) is 31.8. The molecule has 0 unspecified atom stereocenters. The molecular formula is C56H40. The van der Waals surface area contributed by atoms with Crippen LogP contribution in [0.4, 0.5) is 0 Å². The molecule has 2 aliphatic rings. The van der Waals surface area contributed by atoms with Gasteiger partial charge < -0.3 is 0 Å². The van der Waals surface area contributed by atoms with Gasteiger partial charge in [-0.2, -0.15) is 0 Å². The van der Waals surface area contributed by atoms with Gasteiger partial charge in [0.05, 0.1) is 0 Å². The van der Waals surface area contributed by atoms with Gasteiger partial charge in [0.2, 0.25) is 0 Å². The third kappa shape index (κ3) is 4.14. The van der Waals surface area contributed by atoms with Crippen molar-refractivity contribution < 1.29 is 0 Å². The molecule has 0 spiro atoms. The van der Waals surface area contributed by atoms with Crippen LogP contribution < -0.4 is 0 Å². The fraction of sp³-hybridized carbons (Fsp3) is 0.107. The molecular weight excluding hydrogens is 673 g/mol. The van der Waals surface area contributed by atoms with Crippen molar-refractivity contribution in [2.75, 3.05) is 0 Å². The molecule has 0 heterocycles. The van der Waals surface area contributed by atoms with Gasteiger partial charge in [-0.15, -0.1) is 0 Å². The first-order chi connectivity index (χ1) is 27.3. The van der Waals surface area contributed by atoms with Crippen molar-refractivity contribution in [3.63, 3.8) is 0 Å². The molecule has 0 saturated heterocycles. The number of hydrogen-bond donors (Lipinski definition) is 0. The van der Waals surface area contributed by atoms with Crippen LogP contribution in [0.15, 0.2) is 170 Å². The zero-order chi connectivity index (χ0) is 37.5. The van der Waals surface area contributed by atoms with Crippen LogP contribution in [-0.2, 0) is 10.8 Å². The molecule has 0 heteroatoms. The Bertz CT molecular complexity index is 3300. The standard InChI is InChI=1S/C56H40/c1-55(2)49-24-14-13-19-39(49)46-31-52-47(32-51(46)55)40-26-25-35(30-50(40)56(52,3)4)53-41-20-9-11-22-43(41)54(44-23-12-10-21-42(44)53)48-29-36-27-33-15-5-6-16-34(33)28-45(36)37-17-7-8-18-38(37)48/h5-32H,1-4H3. The summed E-state index contributed by atoms with van der Waals surface area (Å²) < 4.78 is 0. The van der Waals surface area contributed by atoms with E-state index < -0.39 is 0 Å². The monoisotopic (exact) mass is 712 g/mol. The van der Waals surface area contributed by atoms with Gasteiger partial charge in [0, 0.05) is 10.8 Å². The number of fused-ring (bicyclic) bond motifs is 12. The quantitative estimate of drug-likeness (QED) is 0.124. The van der Waals surface area contributed by atoms with E-state index in [1.807, 2.05) is 0 Å². The number of hydrogen-bond acceptors (Lipinski definition) is 0. The maximum Gasteiger partial charge on any atom is 0.0159 e. The van der Waals surface area contributed by atoms with Gasteiger partial charge in [0.15, 0.2) is 0 Å². The Labute approximate surface area is 327 Å². The minimum absolute atomic E-state index is 0.0302. The normalized spacial score (nSPS) is 14.7. The molecule has 56 heavy (non-hydrogen) atoms. The van der Waals surface area contributed by atoms with Crippen LogP contribution in [0.3, 0.4) is 0 Å². The van der Waals surface area contributed by atoms with E-state index in [1.54, 1.807) is 0 Å². The highest BCUT2D eigenvalue weighted by Crippen LogP contribution is 2.57. The van der Waals surface area contributed by atoms with Gasteiger partial charge in [-0.05, 0) is 157 Å². The number of rotatable bonds is 2. The Morgan fingerprint density at radius 3 is 1.41 bits per heavy atom. The molecule has 264 valence electrons. The Morgan fingerprint density at radius 2 is 0.750 bits per heavy atom. The molecule has 2 aliphatic carbocycles. The Balaban J connectivity index is 1.10. The topological polar surface area (TPSA) is 0 Å². The van der Waals surface area contributed by atoms with Gasteiger partial charge in [0.1, 0.15) is 0 Å². The van der Waals surface area contributed by atoms with E-state index in [0.29, 0.717) is 0 Å². The van der Waals surface area contributed by atoms with Crippen molar-refractivity contribution in [2.24, 2.45) is 0 Å². The Kier molecular flexibility index (Phi) is 6.28. The van der Waals surface area contributed by atoms with Crippen LogP contribution >= 0.6 is 0 Å². The van der Waals surface area contributed by atoms with Crippen molar-refractivity contribution in [2.45, 2.75) is 38.5 Å². The lowest BCUT2D eigenvalue weighted by atomic mass is 9.78. The molecule has 0 fully saturated rings. The van der Waals surface area contributed by atoms with Crippen molar-refractivity contribution in [3.8, 4) is 44.5 Å². The third-order valence-corrected chi connectivity index (χ3v) is 13.6. The van der Waals surface area contributed by atoms with E-state index in [2.05, 4.69) is 198 Å². The van der Waals surface area contributed by atoms with E-state index in [4.69, 9.17) is 0 Å². The summed E-state index contributed by atoms with van der Waals surface area (Å²) in [6.45, 7) is 9.62. The lowest BCUT2D eigenvalue weighted by Gasteiger charge is -2.24. The molecule has 0 aromatic heterocycles. The summed E-state index contributed by atoms with van der Waals surface area (Å²) in [7, 11) is 0. The van der Waals surface area contributed by atoms with Gasteiger partial charge in [-0.1, -0.05) is 161 Å². The van der Waals surface area contributed by atoms with Crippen LogP contribution in [0.1, 0.15) is 49.9 Å². The van der Waals surface area contributed by atoms with Crippen molar-refractivity contribution >= 4 is 53.9 Å². The van der Waals surface area contributed by atoms with Gasteiger partial charge in [-0.25, -0.2) is 0 Å². The summed E-state index contributed by atoms with van der Waals surface area (Å²) >= 11 is 0. The first-order valence-electron chi connectivity index (χ1n) is 20.0. The predicted octanol–water partition coefficient (Wildman–Crippen LogP) is 15.4. The molecule has 10 aromatic carbocycles. The average molecular weight is 713 g/mol. The van der Waals surface area contributed by atoms with Gasteiger partial charge >= 0.3 is 0 Å². The largest absolute Gasteiger partial charge is 0.0619 e. The van der Waals surface area contributed by atoms with E-state index in [9.17, 15) is 0 Å². The zero-order valence-corrected chi connectivity index (χ0v) is 32.2. The highest BCUT2D eigenvalue weighted by molar-refractivity contribution is 6.26.